The third-order valence-corrected chi connectivity index (χ3v) is 23.2. The second-order valence-corrected chi connectivity index (χ2v) is 33.0. The van der Waals surface area contributed by atoms with Crippen molar-refractivity contribution in [2.75, 3.05) is 27.1 Å². The number of amides is 1. The number of halogens is 24. The number of carbonyl (C=O) groups is 3. The van der Waals surface area contributed by atoms with Gasteiger partial charge in [-0.3, -0.25) is 14.4 Å². The first-order chi connectivity index (χ1) is 69.7. The third kappa shape index (κ3) is 24.7. The number of aldehydes is 1. The second-order valence-electron chi connectivity index (χ2n) is 29.5. The Morgan fingerprint density at radius 1 is 0.453 bits per heavy atom. The predicted octanol–water partition coefficient (Wildman–Crippen LogP) is 18.0. The molecule has 0 fully saturated rings. The smallest absolute Gasteiger partial charge is 1.00 e. The van der Waals surface area contributed by atoms with Crippen LogP contribution in [0.5, 0.6) is 0 Å². The van der Waals surface area contributed by atoms with Gasteiger partial charge in [0.1, 0.15) is 103 Å². The summed E-state index contributed by atoms with van der Waals surface area (Å²) in [6.45, 7) is 6.72. The zero-order valence-electron chi connectivity index (χ0n) is 76.8. The molecular weight excluding hydrogens is 2160 g/mol. The summed E-state index contributed by atoms with van der Waals surface area (Å²) in [7, 11) is -0.252. The van der Waals surface area contributed by atoms with Crippen LogP contribution in [-0.2, 0) is 39.4 Å². The van der Waals surface area contributed by atoms with Crippen LogP contribution in [0.4, 0.5) is 87.8 Å². The zero-order valence-corrected chi connectivity index (χ0v) is 81.7. The van der Waals surface area contributed by atoms with Gasteiger partial charge in [-0.2, -0.15) is 80.2 Å². The minimum atomic E-state index is -5.10. The third-order valence-electron chi connectivity index (χ3n) is 20.5. The number of aromatic nitrogens is 13. The minimum absolute atomic E-state index is 0. The van der Waals surface area contributed by atoms with E-state index in [2.05, 4.69) is 50.9 Å². The standard InChI is InChI=1S/C22H14ClF5N4O3.C22H10ClF5N4O2.C20H9ClF5N3O3.C20H9ClF5N3O2.C9H10NO2S.CH3O.Al.Li.Na.4H/c1-31(34-2)21(33)17-18(16-12(23)6-5-8-14(16)25)30-35-19(17)11-10-29-32(20(11)22(26,27)28)15-9-4-3-7-13(15)24;23-12-4-3-6-14(25)17(12)19-18(16-9-29-10-33-16)20(34-31-19)11-8-30-32(21(11)22(26,27)28)15-7-2-1-5-13(15)24;21-10-4-3-6-12(23)14(10)16-15(19(30)31)17(32-28-16)9-8-27-29(18(9)20(24,25)26)13-7-2-1-5-11(13)22;21-12-4-3-6-14(23)16(12)17-11(9-30)18(31-28-17)10-8-27-29(19(10)20(24,25)26)15-7-2-1-5-13(15)22;1-8-3-5-9(6-4-8)13(11,12)7-10-2;1-2;;;;;;;/h3-10H,1-2H3;1-10H;1-8H,(H,30,31);1-9H;2-6H,7H2,1H3;1H3;;;;;;;/q;;;;+1;-1;;2*+1;;;;-1. The van der Waals surface area contributed by atoms with Crippen molar-refractivity contribution in [1.82, 2.24) is 69.8 Å². The molecule has 1 amide bonds. The molecule has 0 unspecified atom stereocenters. The summed E-state index contributed by atoms with van der Waals surface area (Å²) in [5.74, 6) is -13.1. The molecule has 0 spiro atoms. The maximum atomic E-state index is 14.7. The van der Waals surface area contributed by atoms with Crippen molar-refractivity contribution in [3.63, 3.8) is 0 Å². The van der Waals surface area contributed by atoms with Gasteiger partial charge in [0.2, 0.25) is 0 Å². The summed E-state index contributed by atoms with van der Waals surface area (Å²) in [4.78, 5) is 48.8. The Morgan fingerprint density at radius 3 is 1.07 bits per heavy atom. The predicted molar refractivity (Wildman–Crippen MR) is 493 cm³/mol. The number of aromatic carboxylic acids is 1. The Bertz CT molecular complexity index is 8050. The molecule has 150 heavy (non-hydrogen) atoms. The van der Waals surface area contributed by atoms with Gasteiger partial charge >= 0.3 is 85.0 Å². The van der Waals surface area contributed by atoms with Crippen LogP contribution in [-0.4, -0.2) is 146 Å². The van der Waals surface area contributed by atoms with Gasteiger partial charge in [-0.05, 0) is 116 Å². The van der Waals surface area contributed by atoms with E-state index < -0.39 is 217 Å². The number of oxazole rings is 1. The summed E-state index contributed by atoms with van der Waals surface area (Å²) in [5, 5.41) is 47.2. The van der Waals surface area contributed by atoms with Gasteiger partial charge in [0.25, 0.3) is 22.3 Å². The fourth-order valence-electron chi connectivity index (χ4n) is 14.1. The van der Waals surface area contributed by atoms with Crippen molar-refractivity contribution >= 4 is 91.8 Å². The first-order valence-corrected chi connectivity index (χ1v) is 43.7. The van der Waals surface area contributed by atoms with Crippen LogP contribution in [0.15, 0.2) is 259 Å². The Balaban J connectivity index is 0.000000212. The maximum Gasteiger partial charge on any atom is 1.00 e. The van der Waals surface area contributed by atoms with Crippen LogP contribution in [0, 0.1) is 60.0 Å². The molecule has 0 aliphatic rings. The molecule has 0 aliphatic carbocycles. The number of hydrogen-bond donors (Lipinski definition) is 1. The van der Waals surface area contributed by atoms with E-state index in [-0.39, 0.29) is 148 Å². The summed E-state index contributed by atoms with van der Waals surface area (Å²) in [6, 6.07) is 40.0. The van der Waals surface area contributed by atoms with Gasteiger partial charge in [0, 0.05) is 7.05 Å². The summed E-state index contributed by atoms with van der Waals surface area (Å²) < 4.78 is 334. The normalized spacial score (nSPS) is 11.3. The number of carboxylic acids is 1. The molecule has 0 radical (unpaired) electrons. The summed E-state index contributed by atoms with van der Waals surface area (Å²) in [6.07, 6.45) is -14.8. The molecule has 9 aromatic carbocycles. The molecule has 0 saturated carbocycles. The van der Waals surface area contributed by atoms with E-state index in [1.54, 1.807) is 24.3 Å². The number of alkyl halides is 12. The Hall–Kier alpha value is -14.3. The Labute approximate surface area is 895 Å². The number of carboxylic acid groups (broad SMARTS) is 1. The number of hydrogen-bond acceptors (Lipinski definition) is 21. The molecule has 9 aromatic heterocycles. The van der Waals surface area contributed by atoms with E-state index >= 15 is 0 Å². The minimum Gasteiger partial charge on any atom is -1.00 e. The van der Waals surface area contributed by atoms with E-state index in [1.165, 1.54) is 110 Å². The molecule has 1 N–H and O–H groups in total. The number of carbonyl (C=O) groups excluding carboxylic acids is 2. The van der Waals surface area contributed by atoms with Crippen LogP contribution in [0.3, 0.4) is 0 Å². The van der Waals surface area contributed by atoms with Crippen LogP contribution in [0.25, 0.3) is 129 Å². The summed E-state index contributed by atoms with van der Waals surface area (Å²) in [5.41, 5.74) is -14.4. The number of hydroxylamine groups is 2. The molecule has 0 atom stereocenters. The number of para-hydroxylation sites is 4. The topological polar surface area (TPSA) is 347 Å². The number of nitrogens with zero attached hydrogens (tertiary/aromatic N) is 15. The van der Waals surface area contributed by atoms with E-state index in [4.69, 9.17) is 85.4 Å². The van der Waals surface area contributed by atoms with Crippen LogP contribution < -0.4 is 53.5 Å². The van der Waals surface area contributed by atoms with Gasteiger partial charge in [-0.1, -0.05) is 162 Å². The first-order valence-electron chi connectivity index (χ1n) is 40.6. The monoisotopic (exact) mass is 2210 g/mol. The van der Waals surface area contributed by atoms with E-state index in [1.807, 2.05) is 6.92 Å². The molecule has 9 heterocycles. The number of sulfone groups is 1. The van der Waals surface area contributed by atoms with E-state index in [0.717, 1.165) is 118 Å². The molecular formula is C94H59AlCl4F20LiN15NaO13S+. The van der Waals surface area contributed by atoms with Gasteiger partial charge in [0.15, 0.2) is 81.6 Å². The maximum absolute atomic E-state index is 14.7. The molecule has 0 bridgehead atoms. The quantitative estimate of drug-likeness (QED) is 0.0340. The molecule has 0 aliphatic heterocycles. The molecule has 56 heteroatoms. The molecule has 18 rings (SSSR count). The second kappa shape index (κ2) is 49.0. The van der Waals surface area contributed by atoms with Crippen molar-refractivity contribution in [3.05, 3.63) is 348 Å². The fourth-order valence-corrected chi connectivity index (χ4v) is 16.0. The van der Waals surface area contributed by atoms with Crippen LogP contribution in [0.2, 0.25) is 20.1 Å². The van der Waals surface area contributed by atoms with Crippen LogP contribution in [0.1, 0.15) is 60.8 Å². The number of rotatable bonds is 19. The molecule has 18 aromatic rings. The first kappa shape index (κ1) is 118. The van der Waals surface area contributed by atoms with E-state index in [9.17, 15) is 116 Å². The van der Waals surface area contributed by atoms with Gasteiger partial charge < -0.3 is 34.1 Å². The fraction of sp³-hybridized carbons (Fsp3) is 0.0957. The average Bonchev–Trinajstić information content (AvgIpc) is 1.60. The summed E-state index contributed by atoms with van der Waals surface area (Å²) >= 11 is 24.2. The van der Waals surface area contributed by atoms with Crippen molar-refractivity contribution < 1.29 is 198 Å². The SMILES string of the molecule is C#[N+]CS(=O)(=O)c1ccc(C)cc1.CON(C)C(=O)c1c(-c2c(F)cccc2Cl)noc1-c1cnn(-c2ccccc2F)c1C(F)(F)F.C[O-].Fc1ccccc1-n1ncc(-c2onc(-c3c(F)cccc3Cl)c2-c2cnco2)c1C(F)(F)F.O=C(O)c1c(-c2c(F)cccc2Cl)noc1-c1cnn(-c2ccccc2F)c1C(F)(F)F.O=Cc1c(-c2c(F)cccc2Cl)noc1-c1cnn(-c2ccccc2F)c1C(F)(F)F.[AlH3].[H-].[Li+].[Na+]. The van der Waals surface area contributed by atoms with Gasteiger partial charge in [0.05, 0.1) is 119 Å². The largest absolute Gasteiger partial charge is 1.00 e. The molecule has 28 nitrogen and oxygen atoms in total. The molecule has 766 valence electrons. The van der Waals surface area contributed by atoms with Crippen molar-refractivity contribution in [2.24, 2.45) is 0 Å². The van der Waals surface area contributed by atoms with Gasteiger partial charge in [-0.25, -0.2) is 77.1 Å². The number of benzene rings is 9. The van der Waals surface area contributed by atoms with Gasteiger partial charge in [-0.15, -0.1) is 0 Å². The van der Waals surface area contributed by atoms with Crippen molar-refractivity contribution in [3.8, 4) is 131 Å². The molecule has 0 saturated heterocycles. The Morgan fingerprint density at radius 2 is 0.753 bits per heavy atom. The van der Waals surface area contributed by atoms with Crippen LogP contribution >= 0.6 is 46.4 Å². The Kier molecular flexibility index (Phi) is 38.4. The van der Waals surface area contributed by atoms with Crippen molar-refractivity contribution in [2.45, 2.75) is 36.5 Å². The van der Waals surface area contributed by atoms with Crippen molar-refractivity contribution in [1.29, 1.82) is 0 Å². The van der Waals surface area contributed by atoms with E-state index in [0.29, 0.717) is 25.3 Å². The average molecular weight is 2220 g/mol. The number of aryl methyl sites for hydroxylation is 1. The zero-order chi connectivity index (χ0) is 107.